The molecule has 4 rings (SSSR count). The van der Waals surface area contributed by atoms with E-state index in [-0.39, 0.29) is 26.9 Å². The molecule has 0 aliphatic rings. The summed E-state index contributed by atoms with van der Waals surface area (Å²) in [5.74, 6) is -1.25. The Balaban J connectivity index is 1.56. The van der Waals surface area contributed by atoms with E-state index in [9.17, 15) is 41.8 Å². The molecule has 15 heteroatoms. The monoisotopic (exact) mass is 588 g/mol. The molecule has 0 atom stereocenters. The Morgan fingerprint density at radius 2 is 1.93 bits per heavy atom. The fraction of sp³-hybridized carbons (Fsp3) is 0.0800. The lowest BCUT2D eigenvalue weighted by molar-refractivity contribution is -0.385. The third-order valence-electron chi connectivity index (χ3n) is 5.25. The Kier molecular flexibility index (Phi) is 7.58. The number of thiazole rings is 1. The predicted octanol–water partition coefficient (Wildman–Crippen LogP) is 5.96. The molecule has 0 saturated carbocycles. The van der Waals surface area contributed by atoms with Gasteiger partial charge in [0.05, 0.1) is 25.6 Å². The lowest BCUT2D eigenvalue weighted by Crippen LogP contribution is -2.13. The highest BCUT2D eigenvalue weighted by Crippen LogP contribution is 2.38. The first-order valence-corrected chi connectivity index (χ1v) is 13.6. The Hall–Kier alpha value is -4.81. The van der Waals surface area contributed by atoms with Crippen LogP contribution in [0.1, 0.15) is 11.1 Å². The van der Waals surface area contributed by atoms with Crippen LogP contribution in [0.3, 0.4) is 0 Å². The first-order chi connectivity index (χ1) is 18.7. The molecule has 0 radical (unpaired) electrons. The highest BCUT2D eigenvalue weighted by molar-refractivity contribution is 7.90. The topological polar surface area (TPSA) is 152 Å². The number of fused-ring (bicyclic) bond motifs is 1. The number of rotatable bonds is 7. The van der Waals surface area contributed by atoms with Gasteiger partial charge in [-0.3, -0.25) is 20.2 Å². The molecule has 0 aliphatic heterocycles. The maximum absolute atomic E-state index is 13.0. The molecule has 0 unspecified atom stereocenters. The van der Waals surface area contributed by atoms with Crippen molar-refractivity contribution in [1.29, 1.82) is 5.26 Å². The van der Waals surface area contributed by atoms with Crippen molar-refractivity contribution in [3.05, 3.63) is 87.5 Å². The van der Waals surface area contributed by atoms with Crippen molar-refractivity contribution in [3.8, 4) is 17.6 Å². The molecule has 0 aliphatic carbocycles. The van der Waals surface area contributed by atoms with Crippen molar-refractivity contribution < 1.29 is 36.0 Å². The molecule has 1 aromatic heterocycles. The summed E-state index contributed by atoms with van der Waals surface area (Å²) in [5, 5.41) is 23.5. The van der Waals surface area contributed by atoms with Crippen LogP contribution in [-0.2, 0) is 20.8 Å². The van der Waals surface area contributed by atoms with Crippen LogP contribution in [-0.4, -0.2) is 30.5 Å². The summed E-state index contributed by atoms with van der Waals surface area (Å²) in [7, 11) is -3.45. The van der Waals surface area contributed by atoms with E-state index in [1.807, 2.05) is 0 Å². The van der Waals surface area contributed by atoms with E-state index in [1.54, 1.807) is 6.07 Å². The zero-order valence-corrected chi connectivity index (χ0v) is 21.7. The van der Waals surface area contributed by atoms with Gasteiger partial charge >= 0.3 is 11.9 Å². The van der Waals surface area contributed by atoms with E-state index in [2.05, 4.69) is 10.3 Å². The number of alkyl halides is 3. The number of sulfone groups is 1. The van der Waals surface area contributed by atoms with Crippen molar-refractivity contribution in [1.82, 2.24) is 4.98 Å². The van der Waals surface area contributed by atoms with Crippen molar-refractivity contribution in [3.63, 3.8) is 0 Å². The van der Waals surface area contributed by atoms with E-state index < -0.39 is 43.8 Å². The second-order valence-corrected chi connectivity index (χ2v) is 11.2. The van der Waals surface area contributed by atoms with Gasteiger partial charge in [0.2, 0.25) is 5.75 Å². The van der Waals surface area contributed by atoms with Gasteiger partial charge in [0, 0.05) is 12.3 Å². The number of nitrogens with one attached hydrogen (secondary N) is 1. The van der Waals surface area contributed by atoms with Gasteiger partial charge in [-0.1, -0.05) is 23.5 Å². The Morgan fingerprint density at radius 1 is 1.18 bits per heavy atom. The second-order valence-electron chi connectivity index (χ2n) is 8.16. The quantitative estimate of drug-likeness (QED) is 0.120. The van der Waals surface area contributed by atoms with Crippen LogP contribution in [0.5, 0.6) is 11.5 Å². The molecule has 1 amide bonds. The molecule has 204 valence electrons. The number of nitriles is 1. The minimum atomic E-state index is -4.78. The van der Waals surface area contributed by atoms with Gasteiger partial charge in [-0.2, -0.15) is 18.4 Å². The van der Waals surface area contributed by atoms with Gasteiger partial charge in [0.15, 0.2) is 15.0 Å². The number of nitrogens with zero attached hydrogens (tertiary/aromatic N) is 3. The number of carbonyl (C=O) groups is 1. The lowest BCUT2D eigenvalue weighted by Gasteiger charge is -2.10. The summed E-state index contributed by atoms with van der Waals surface area (Å²) < 4.78 is 68.4. The van der Waals surface area contributed by atoms with E-state index in [1.165, 1.54) is 48.5 Å². The minimum Gasteiger partial charge on any atom is -0.450 e. The predicted molar refractivity (Wildman–Crippen MR) is 140 cm³/mol. The standard InChI is InChI=1S/C25H15F3N4O6S2/c1-40(36,37)18-6-7-19-22(12-18)39-24(30-19)31-23(33)15(13-29)9-14-3-2-4-17(10-14)38-21-8-5-16(25(26,27)28)11-20(21)32(34)35/h2-12H,1H3,(H,30,31,33)/b15-9+. The number of hydrogen-bond acceptors (Lipinski definition) is 9. The Morgan fingerprint density at radius 3 is 2.58 bits per heavy atom. The number of anilines is 1. The van der Waals surface area contributed by atoms with Crippen molar-refractivity contribution in [2.45, 2.75) is 11.1 Å². The van der Waals surface area contributed by atoms with Crippen molar-refractivity contribution in [2.24, 2.45) is 0 Å². The molecule has 1 N–H and O–H groups in total. The molecule has 3 aromatic carbocycles. The molecule has 0 fully saturated rings. The number of carbonyl (C=O) groups excluding carboxylic acids is 1. The molecule has 4 aromatic rings. The van der Waals surface area contributed by atoms with Gasteiger partial charge in [0.25, 0.3) is 5.91 Å². The van der Waals surface area contributed by atoms with Crippen LogP contribution in [0.25, 0.3) is 16.3 Å². The SMILES string of the molecule is CS(=O)(=O)c1ccc2nc(NC(=O)/C(C#N)=C/c3cccc(Oc4ccc(C(F)(F)F)cc4[N+](=O)[O-])c3)sc2c1. The number of halogens is 3. The number of nitro groups is 1. The Labute approximate surface area is 228 Å². The highest BCUT2D eigenvalue weighted by atomic mass is 32.2. The maximum atomic E-state index is 13.0. The summed E-state index contributed by atoms with van der Waals surface area (Å²) in [4.78, 5) is 27.3. The van der Waals surface area contributed by atoms with E-state index in [0.29, 0.717) is 22.3 Å². The number of hydrogen-bond donors (Lipinski definition) is 1. The number of ether oxygens (including phenoxy) is 1. The molecule has 1 heterocycles. The fourth-order valence-corrected chi connectivity index (χ4v) is 5.01. The third-order valence-corrected chi connectivity index (χ3v) is 7.30. The second kappa shape index (κ2) is 10.8. The van der Waals surface area contributed by atoms with Crippen LogP contribution in [0.2, 0.25) is 0 Å². The number of amides is 1. The van der Waals surface area contributed by atoms with Crippen molar-refractivity contribution >= 4 is 54.2 Å². The summed E-state index contributed by atoms with van der Waals surface area (Å²) in [6.45, 7) is 0. The lowest BCUT2D eigenvalue weighted by atomic mass is 10.1. The zero-order valence-electron chi connectivity index (χ0n) is 20.1. The van der Waals surface area contributed by atoms with E-state index >= 15 is 0 Å². The summed E-state index contributed by atoms with van der Waals surface area (Å²) in [5.41, 5.74) is -1.73. The maximum Gasteiger partial charge on any atom is 0.416 e. The zero-order chi connectivity index (χ0) is 29.2. The largest absolute Gasteiger partial charge is 0.450 e. The smallest absolute Gasteiger partial charge is 0.416 e. The average molecular weight is 589 g/mol. The minimum absolute atomic E-state index is 0.00200. The first kappa shape index (κ1) is 28.2. The summed E-state index contributed by atoms with van der Waals surface area (Å²) >= 11 is 1.01. The van der Waals surface area contributed by atoms with Gasteiger partial charge < -0.3 is 4.74 Å². The summed E-state index contributed by atoms with van der Waals surface area (Å²) in [6, 6.07) is 13.6. The molecule has 0 bridgehead atoms. The van der Waals surface area contributed by atoms with Gasteiger partial charge in [0.1, 0.15) is 17.4 Å². The van der Waals surface area contributed by atoms with Crippen LogP contribution in [0.4, 0.5) is 24.0 Å². The highest BCUT2D eigenvalue weighted by Gasteiger charge is 2.33. The normalized spacial score (nSPS) is 12.1. The van der Waals surface area contributed by atoms with Crippen LogP contribution in [0.15, 0.2) is 71.1 Å². The molecule has 10 nitrogen and oxygen atoms in total. The van der Waals surface area contributed by atoms with Gasteiger partial charge in [-0.15, -0.1) is 0 Å². The molecule has 0 spiro atoms. The van der Waals surface area contributed by atoms with E-state index in [0.717, 1.165) is 23.7 Å². The van der Waals surface area contributed by atoms with Crippen LogP contribution < -0.4 is 10.1 Å². The average Bonchev–Trinajstić information content (AvgIpc) is 3.28. The third kappa shape index (κ3) is 6.42. The molecular formula is C25H15F3N4O6S2. The van der Waals surface area contributed by atoms with Crippen LogP contribution in [0, 0.1) is 21.4 Å². The van der Waals surface area contributed by atoms with Gasteiger partial charge in [-0.25, -0.2) is 13.4 Å². The fourth-order valence-electron chi connectivity index (χ4n) is 3.39. The van der Waals surface area contributed by atoms with Crippen LogP contribution >= 0.6 is 11.3 Å². The molecule has 40 heavy (non-hydrogen) atoms. The number of nitro benzene ring substituents is 1. The van der Waals surface area contributed by atoms with E-state index in [4.69, 9.17) is 4.74 Å². The number of aromatic nitrogens is 1. The Bertz CT molecular complexity index is 1840. The number of benzene rings is 3. The molecule has 0 saturated heterocycles. The molecular weight excluding hydrogens is 573 g/mol. The van der Waals surface area contributed by atoms with Crippen molar-refractivity contribution in [2.75, 3.05) is 11.6 Å². The van der Waals surface area contributed by atoms with Gasteiger partial charge in [-0.05, 0) is 54.1 Å². The summed E-state index contributed by atoms with van der Waals surface area (Å²) in [6.07, 6.45) is -2.52. The first-order valence-electron chi connectivity index (χ1n) is 10.9.